The van der Waals surface area contributed by atoms with Crippen molar-refractivity contribution in [1.29, 1.82) is 0 Å². The Morgan fingerprint density at radius 1 is 0.526 bits per heavy atom. The van der Waals surface area contributed by atoms with Gasteiger partial charge in [0.15, 0.2) is 0 Å². The topological polar surface area (TPSA) is 31.0 Å². The minimum absolute atomic E-state index is 0.917. The largest absolute Gasteiger partial charge is 0.455 e. The number of hydrogen-bond donors (Lipinski definition) is 0. The van der Waals surface area contributed by atoms with Crippen molar-refractivity contribution in [2.24, 2.45) is 0 Å². The van der Waals surface area contributed by atoms with Crippen molar-refractivity contribution in [3.05, 3.63) is 133 Å². The van der Waals surface area contributed by atoms with Gasteiger partial charge in [0, 0.05) is 27.4 Å². The summed E-state index contributed by atoms with van der Waals surface area (Å²) in [4.78, 5) is 5.03. The van der Waals surface area contributed by atoms with E-state index < -0.39 is 0 Å². The van der Waals surface area contributed by atoms with Gasteiger partial charge in [-0.1, -0.05) is 97.1 Å². The van der Waals surface area contributed by atoms with E-state index in [0.717, 1.165) is 55.4 Å². The highest BCUT2D eigenvalue weighted by Crippen LogP contribution is 2.40. The van der Waals surface area contributed by atoms with Gasteiger partial charge in [0.2, 0.25) is 0 Å². The molecule has 0 bridgehead atoms. The van der Waals surface area contributed by atoms with Crippen LogP contribution in [0.5, 0.6) is 0 Å². The minimum Gasteiger partial charge on any atom is -0.455 e. The molecule has 0 atom stereocenters. The summed E-state index contributed by atoms with van der Waals surface area (Å²) in [7, 11) is 0. The fraction of sp³-hybridized carbons (Fsp3) is 0. The van der Waals surface area contributed by atoms with E-state index in [4.69, 9.17) is 9.40 Å². The van der Waals surface area contributed by atoms with Gasteiger partial charge in [-0.3, -0.25) is 4.57 Å². The Labute approximate surface area is 219 Å². The molecule has 8 rings (SSSR count). The van der Waals surface area contributed by atoms with E-state index in [1.54, 1.807) is 0 Å². The first kappa shape index (κ1) is 21.0. The Morgan fingerprint density at radius 2 is 1.18 bits per heavy atom. The molecule has 3 nitrogen and oxygen atoms in total. The maximum absolute atomic E-state index is 6.31. The second-order valence-corrected chi connectivity index (χ2v) is 9.62. The first-order valence-corrected chi connectivity index (χ1v) is 12.8. The number of benzene rings is 6. The summed E-state index contributed by atoms with van der Waals surface area (Å²) in [6.07, 6.45) is 0. The molecular weight excluding hydrogens is 464 g/mol. The third-order valence-corrected chi connectivity index (χ3v) is 7.41. The van der Waals surface area contributed by atoms with Crippen molar-refractivity contribution in [2.45, 2.75) is 0 Å². The van der Waals surface area contributed by atoms with Crippen LogP contribution in [-0.4, -0.2) is 9.55 Å². The molecule has 0 radical (unpaired) electrons. The zero-order valence-electron chi connectivity index (χ0n) is 20.5. The van der Waals surface area contributed by atoms with Gasteiger partial charge in [-0.2, -0.15) is 0 Å². The fourth-order valence-electron chi connectivity index (χ4n) is 5.64. The predicted molar refractivity (Wildman–Crippen MR) is 157 cm³/mol. The Balaban J connectivity index is 1.32. The van der Waals surface area contributed by atoms with Crippen molar-refractivity contribution in [2.75, 3.05) is 0 Å². The first-order valence-electron chi connectivity index (χ1n) is 12.8. The molecule has 0 spiro atoms. The number of hydrogen-bond acceptors (Lipinski definition) is 2. The molecule has 3 heteroatoms. The maximum Gasteiger partial charge on any atom is 0.145 e. The van der Waals surface area contributed by atoms with Crippen LogP contribution in [0.25, 0.3) is 71.9 Å². The normalized spacial score (nSPS) is 11.7. The van der Waals surface area contributed by atoms with Gasteiger partial charge in [0.1, 0.15) is 17.0 Å². The van der Waals surface area contributed by atoms with Crippen LogP contribution < -0.4 is 0 Å². The highest BCUT2D eigenvalue weighted by Gasteiger charge is 2.16. The molecule has 0 amide bonds. The summed E-state index contributed by atoms with van der Waals surface area (Å²) < 4.78 is 8.55. The molecule has 6 aromatic carbocycles. The van der Waals surface area contributed by atoms with Gasteiger partial charge in [0.05, 0.1) is 11.0 Å². The summed E-state index contributed by atoms with van der Waals surface area (Å²) in [6, 6.07) is 46.6. The predicted octanol–water partition coefficient (Wildman–Crippen LogP) is 9.41. The van der Waals surface area contributed by atoms with Gasteiger partial charge in [-0.05, 0) is 52.9 Å². The standard InChI is InChI=1S/C35H22N2O/c1-2-10-25(11-3-1)37-32-16-8-7-15-31(32)36-35(37)24-20-18-23(19-21-24)29-22-30-27-13-6-9-17-33(27)38-34(30)28-14-5-4-12-26(28)29/h1-22H. The Morgan fingerprint density at radius 3 is 2.03 bits per heavy atom. The molecule has 2 aromatic heterocycles. The number of furan rings is 1. The average Bonchev–Trinajstić information content (AvgIpc) is 3.56. The van der Waals surface area contributed by atoms with E-state index >= 15 is 0 Å². The fourth-order valence-corrected chi connectivity index (χ4v) is 5.64. The zero-order valence-corrected chi connectivity index (χ0v) is 20.5. The molecule has 0 unspecified atom stereocenters. The third kappa shape index (κ3) is 3.12. The molecule has 0 saturated heterocycles. The Hall–Kier alpha value is -5.15. The Bertz CT molecular complexity index is 2120. The van der Waals surface area contributed by atoms with Crippen LogP contribution in [0, 0.1) is 0 Å². The van der Waals surface area contributed by atoms with Crippen LogP contribution in [0.3, 0.4) is 0 Å². The van der Waals surface area contributed by atoms with Crippen LogP contribution in [0.15, 0.2) is 138 Å². The lowest BCUT2D eigenvalue weighted by Gasteiger charge is -2.11. The van der Waals surface area contributed by atoms with E-state index in [1.165, 1.54) is 16.5 Å². The number of rotatable bonds is 3. The van der Waals surface area contributed by atoms with Crippen LogP contribution in [-0.2, 0) is 0 Å². The van der Waals surface area contributed by atoms with Crippen molar-refractivity contribution in [1.82, 2.24) is 9.55 Å². The lowest BCUT2D eigenvalue weighted by atomic mass is 9.95. The Kier molecular flexibility index (Phi) is 4.52. The zero-order chi connectivity index (χ0) is 25.1. The SMILES string of the molecule is c1ccc(-n2c(-c3ccc(-c4cc5c6ccccc6oc5c5ccccc45)cc3)nc3ccccc32)cc1. The molecule has 0 aliphatic rings. The molecule has 178 valence electrons. The van der Waals surface area contributed by atoms with Crippen LogP contribution in [0.4, 0.5) is 0 Å². The number of nitrogens with zero attached hydrogens (tertiary/aromatic N) is 2. The lowest BCUT2D eigenvalue weighted by molar-refractivity contribution is 0.672. The highest BCUT2D eigenvalue weighted by molar-refractivity contribution is 6.19. The number of para-hydroxylation sites is 4. The molecule has 0 aliphatic carbocycles. The first-order chi connectivity index (χ1) is 18.8. The van der Waals surface area contributed by atoms with E-state index in [1.807, 2.05) is 24.3 Å². The summed E-state index contributed by atoms with van der Waals surface area (Å²) in [6.45, 7) is 0. The molecule has 0 fully saturated rings. The van der Waals surface area contributed by atoms with Gasteiger partial charge in [-0.15, -0.1) is 0 Å². The molecule has 0 N–H and O–H groups in total. The second-order valence-electron chi connectivity index (χ2n) is 9.62. The van der Waals surface area contributed by atoms with Gasteiger partial charge < -0.3 is 4.42 Å². The van der Waals surface area contributed by atoms with Crippen molar-refractivity contribution >= 4 is 43.7 Å². The monoisotopic (exact) mass is 486 g/mol. The second kappa shape index (κ2) is 8.19. The molecule has 0 saturated carbocycles. The van der Waals surface area contributed by atoms with E-state index in [0.29, 0.717) is 0 Å². The summed E-state index contributed by atoms with van der Waals surface area (Å²) in [5.41, 5.74) is 8.48. The van der Waals surface area contributed by atoms with Gasteiger partial charge >= 0.3 is 0 Å². The summed E-state index contributed by atoms with van der Waals surface area (Å²) in [5, 5.41) is 4.60. The summed E-state index contributed by atoms with van der Waals surface area (Å²) in [5.74, 6) is 0.935. The van der Waals surface area contributed by atoms with E-state index in [9.17, 15) is 0 Å². The van der Waals surface area contributed by atoms with Crippen molar-refractivity contribution < 1.29 is 4.42 Å². The van der Waals surface area contributed by atoms with Crippen LogP contribution >= 0.6 is 0 Å². The highest BCUT2D eigenvalue weighted by atomic mass is 16.3. The van der Waals surface area contributed by atoms with Gasteiger partial charge in [-0.25, -0.2) is 4.98 Å². The van der Waals surface area contributed by atoms with Gasteiger partial charge in [0.25, 0.3) is 0 Å². The van der Waals surface area contributed by atoms with Crippen molar-refractivity contribution in [3.63, 3.8) is 0 Å². The van der Waals surface area contributed by atoms with E-state index in [2.05, 4.69) is 114 Å². The number of aromatic nitrogens is 2. The smallest absolute Gasteiger partial charge is 0.145 e. The molecule has 38 heavy (non-hydrogen) atoms. The molecule has 2 heterocycles. The molecule has 0 aliphatic heterocycles. The number of imidazole rings is 1. The maximum atomic E-state index is 6.31. The number of fused-ring (bicyclic) bond motifs is 6. The lowest BCUT2D eigenvalue weighted by Crippen LogP contribution is -1.97. The van der Waals surface area contributed by atoms with E-state index in [-0.39, 0.29) is 0 Å². The molecular formula is C35H22N2O. The van der Waals surface area contributed by atoms with Crippen molar-refractivity contribution in [3.8, 4) is 28.2 Å². The summed E-state index contributed by atoms with van der Waals surface area (Å²) >= 11 is 0. The third-order valence-electron chi connectivity index (χ3n) is 7.41. The van der Waals surface area contributed by atoms with Crippen LogP contribution in [0.1, 0.15) is 0 Å². The molecule has 8 aromatic rings. The average molecular weight is 487 g/mol. The van der Waals surface area contributed by atoms with Crippen LogP contribution in [0.2, 0.25) is 0 Å². The minimum atomic E-state index is 0.917. The quantitative estimate of drug-likeness (QED) is 0.249.